The number of pyridine rings is 2. The van der Waals surface area contributed by atoms with Crippen LogP contribution in [-0.4, -0.2) is 41.9 Å². The summed E-state index contributed by atoms with van der Waals surface area (Å²) in [7, 11) is 1.61. The molecule has 1 saturated carbocycles. The number of hydrogen-bond acceptors (Lipinski definition) is 7. The van der Waals surface area contributed by atoms with Crippen molar-refractivity contribution in [2.24, 2.45) is 7.05 Å². The van der Waals surface area contributed by atoms with Gasteiger partial charge in [-0.05, 0) is 38.7 Å². The van der Waals surface area contributed by atoms with Gasteiger partial charge < -0.3 is 14.6 Å². The summed E-state index contributed by atoms with van der Waals surface area (Å²) in [6.07, 6.45) is 2.62. The number of ether oxygens (including phenoxy) is 1. The minimum atomic E-state index is -4.83. The molecule has 0 spiro atoms. The maximum atomic E-state index is 14.4. The van der Waals surface area contributed by atoms with Crippen LogP contribution in [0.4, 0.5) is 23.4 Å². The Labute approximate surface area is 214 Å². The molecule has 0 atom stereocenters. The average Bonchev–Trinajstić information content (AvgIpc) is 3.26. The highest BCUT2D eigenvalue weighted by Crippen LogP contribution is 2.38. The van der Waals surface area contributed by atoms with Gasteiger partial charge in [-0.15, -0.1) is 0 Å². The molecule has 1 N–H and O–H groups in total. The van der Waals surface area contributed by atoms with Gasteiger partial charge in [0.2, 0.25) is 0 Å². The van der Waals surface area contributed by atoms with Gasteiger partial charge in [0.05, 0.1) is 17.1 Å². The standard InChI is InChI=1S/C25H25F4N7O2/c1-3-30-20-10-19-17(12-32-20)22(14-11-33-24(37)35(2)13-14)34-36(19)15-4-6-16(7-5-15)38-23-21(26)18(8-9-31-23)25(27,28)29/h8-13,15-16H,3-7H2,1-2H3,(H,30,32). The summed E-state index contributed by atoms with van der Waals surface area (Å²) >= 11 is 0. The number of rotatable bonds is 6. The molecule has 0 amide bonds. The third kappa shape index (κ3) is 4.92. The van der Waals surface area contributed by atoms with Crippen molar-refractivity contribution in [3.63, 3.8) is 0 Å². The third-order valence-electron chi connectivity index (χ3n) is 6.60. The van der Waals surface area contributed by atoms with Gasteiger partial charge in [0.1, 0.15) is 17.6 Å². The maximum absolute atomic E-state index is 14.4. The van der Waals surface area contributed by atoms with Gasteiger partial charge in [-0.3, -0.25) is 4.68 Å². The van der Waals surface area contributed by atoms with Crippen LogP contribution in [0.2, 0.25) is 0 Å². The van der Waals surface area contributed by atoms with E-state index in [-0.39, 0.29) is 11.7 Å². The van der Waals surface area contributed by atoms with Crippen LogP contribution < -0.4 is 15.7 Å². The molecule has 1 fully saturated rings. The van der Waals surface area contributed by atoms with Gasteiger partial charge in [-0.1, -0.05) is 0 Å². The van der Waals surface area contributed by atoms with Crippen molar-refractivity contribution in [2.75, 3.05) is 11.9 Å². The van der Waals surface area contributed by atoms with Crippen LogP contribution in [0.15, 0.2) is 41.7 Å². The summed E-state index contributed by atoms with van der Waals surface area (Å²) < 4.78 is 62.4. The molecule has 0 aliphatic heterocycles. The molecular formula is C25H25F4N7O2. The first-order valence-corrected chi connectivity index (χ1v) is 12.2. The summed E-state index contributed by atoms with van der Waals surface area (Å²) in [6, 6.07) is 2.47. The second-order valence-electron chi connectivity index (χ2n) is 9.17. The van der Waals surface area contributed by atoms with Crippen molar-refractivity contribution in [2.45, 2.75) is 50.9 Å². The Morgan fingerprint density at radius 1 is 1.13 bits per heavy atom. The Morgan fingerprint density at radius 2 is 1.89 bits per heavy atom. The van der Waals surface area contributed by atoms with Crippen molar-refractivity contribution >= 4 is 16.7 Å². The molecule has 13 heteroatoms. The number of anilines is 1. The van der Waals surface area contributed by atoms with Crippen molar-refractivity contribution in [3.8, 4) is 17.1 Å². The van der Waals surface area contributed by atoms with Crippen LogP contribution in [0.25, 0.3) is 22.2 Å². The first-order valence-electron chi connectivity index (χ1n) is 12.2. The summed E-state index contributed by atoms with van der Waals surface area (Å²) in [6.45, 7) is 2.65. The van der Waals surface area contributed by atoms with E-state index in [2.05, 4.69) is 20.3 Å². The predicted octanol–water partition coefficient (Wildman–Crippen LogP) is 4.74. The topological polar surface area (TPSA) is 99.8 Å². The van der Waals surface area contributed by atoms with Crippen LogP contribution in [0.5, 0.6) is 5.88 Å². The number of halogens is 4. The van der Waals surface area contributed by atoms with E-state index in [1.807, 2.05) is 17.7 Å². The van der Waals surface area contributed by atoms with E-state index >= 15 is 0 Å². The molecule has 4 heterocycles. The Kier molecular flexibility index (Phi) is 6.76. The number of aryl methyl sites for hydroxylation is 1. The van der Waals surface area contributed by atoms with Crippen LogP contribution in [0, 0.1) is 5.82 Å². The molecule has 1 aliphatic rings. The fourth-order valence-electron chi connectivity index (χ4n) is 4.73. The Balaban J connectivity index is 1.41. The number of aromatic nitrogens is 6. The Hall–Kier alpha value is -4.03. The highest BCUT2D eigenvalue weighted by atomic mass is 19.4. The zero-order valence-corrected chi connectivity index (χ0v) is 20.7. The summed E-state index contributed by atoms with van der Waals surface area (Å²) in [5, 5.41) is 8.86. The van der Waals surface area contributed by atoms with Crippen molar-refractivity contribution in [3.05, 3.63) is 58.8 Å². The van der Waals surface area contributed by atoms with Crippen molar-refractivity contribution in [1.29, 1.82) is 0 Å². The molecule has 0 radical (unpaired) electrons. The fourth-order valence-corrected chi connectivity index (χ4v) is 4.73. The van der Waals surface area contributed by atoms with E-state index in [9.17, 15) is 22.4 Å². The minimum absolute atomic E-state index is 0.0391. The van der Waals surface area contributed by atoms with Gasteiger partial charge in [0.15, 0.2) is 5.82 Å². The van der Waals surface area contributed by atoms with Gasteiger partial charge in [-0.25, -0.2) is 24.1 Å². The number of nitrogens with zero attached hydrogens (tertiary/aromatic N) is 6. The monoisotopic (exact) mass is 531 g/mol. The maximum Gasteiger partial charge on any atom is 0.419 e. The third-order valence-corrected chi connectivity index (χ3v) is 6.60. The molecule has 0 saturated heterocycles. The molecule has 200 valence electrons. The second-order valence-corrected chi connectivity index (χ2v) is 9.17. The first-order chi connectivity index (χ1) is 18.2. The highest BCUT2D eigenvalue weighted by molar-refractivity contribution is 5.93. The lowest BCUT2D eigenvalue weighted by molar-refractivity contribution is -0.140. The van der Waals surface area contributed by atoms with Crippen LogP contribution in [-0.2, 0) is 13.2 Å². The molecule has 0 bridgehead atoms. The molecule has 38 heavy (non-hydrogen) atoms. The minimum Gasteiger partial charge on any atom is -0.472 e. The van der Waals surface area contributed by atoms with E-state index in [1.54, 1.807) is 19.4 Å². The second kappa shape index (κ2) is 10.0. The lowest BCUT2D eigenvalue weighted by Crippen LogP contribution is -2.27. The molecular weight excluding hydrogens is 506 g/mol. The molecule has 4 aromatic heterocycles. The number of nitrogens with one attached hydrogen (secondary N) is 1. The molecule has 9 nitrogen and oxygen atoms in total. The van der Waals surface area contributed by atoms with E-state index in [0.717, 1.165) is 17.1 Å². The first kappa shape index (κ1) is 25.6. The largest absolute Gasteiger partial charge is 0.472 e. The van der Waals surface area contributed by atoms with Gasteiger partial charge >= 0.3 is 11.9 Å². The average molecular weight is 532 g/mol. The summed E-state index contributed by atoms with van der Waals surface area (Å²) in [4.78, 5) is 23.9. The Morgan fingerprint density at radius 3 is 2.58 bits per heavy atom. The van der Waals surface area contributed by atoms with Gasteiger partial charge in [0.25, 0.3) is 5.88 Å². The van der Waals surface area contributed by atoms with E-state index < -0.39 is 29.5 Å². The summed E-state index contributed by atoms with van der Waals surface area (Å²) in [5.74, 6) is -1.45. The van der Waals surface area contributed by atoms with E-state index in [4.69, 9.17) is 9.84 Å². The molecule has 1 aliphatic carbocycles. The lowest BCUT2D eigenvalue weighted by Gasteiger charge is -2.29. The fraction of sp³-hybridized carbons (Fsp3) is 0.400. The molecule has 0 unspecified atom stereocenters. The molecule has 0 aromatic carbocycles. The Bertz CT molecular complexity index is 1520. The molecule has 4 aromatic rings. The van der Waals surface area contributed by atoms with E-state index in [0.29, 0.717) is 55.4 Å². The van der Waals surface area contributed by atoms with Crippen LogP contribution in [0.1, 0.15) is 44.2 Å². The summed E-state index contributed by atoms with van der Waals surface area (Å²) in [5.41, 5.74) is 0.360. The predicted molar refractivity (Wildman–Crippen MR) is 131 cm³/mol. The number of alkyl halides is 3. The number of fused-ring (bicyclic) bond motifs is 1. The highest BCUT2D eigenvalue weighted by Gasteiger charge is 2.36. The van der Waals surface area contributed by atoms with Crippen molar-refractivity contribution in [1.82, 2.24) is 29.3 Å². The lowest BCUT2D eigenvalue weighted by atomic mass is 9.93. The smallest absolute Gasteiger partial charge is 0.419 e. The zero-order valence-electron chi connectivity index (χ0n) is 20.7. The molecule has 5 rings (SSSR count). The van der Waals surface area contributed by atoms with Crippen LogP contribution in [0.3, 0.4) is 0 Å². The zero-order chi connectivity index (χ0) is 27.0. The van der Waals surface area contributed by atoms with Gasteiger partial charge in [-0.2, -0.15) is 18.3 Å². The van der Waals surface area contributed by atoms with E-state index in [1.165, 1.54) is 10.8 Å². The SMILES string of the molecule is CCNc1cc2c(cn1)c(-c1cnc(=O)n(C)c1)nn2C1CCC(Oc2nccc(C(F)(F)F)c2F)CC1. The quantitative estimate of drug-likeness (QED) is 0.359. The number of hydrogen-bond donors (Lipinski definition) is 1. The van der Waals surface area contributed by atoms with Crippen molar-refractivity contribution < 1.29 is 22.3 Å². The normalized spacial score (nSPS) is 18.1. The van der Waals surface area contributed by atoms with Crippen LogP contribution >= 0.6 is 0 Å². The van der Waals surface area contributed by atoms with Gasteiger partial charge in [0, 0.05) is 55.4 Å².